The molecule has 7 atom stereocenters. The van der Waals surface area contributed by atoms with Crippen molar-refractivity contribution in [1.82, 2.24) is 0 Å². The van der Waals surface area contributed by atoms with Gasteiger partial charge in [-0.3, -0.25) is 37.3 Å². The van der Waals surface area contributed by atoms with E-state index in [0.717, 1.165) is 114 Å². The lowest BCUT2D eigenvalue weighted by atomic mass is 9.99. The highest BCUT2D eigenvalue weighted by Crippen LogP contribution is 2.45. The molecule has 0 aromatic carbocycles. The van der Waals surface area contributed by atoms with E-state index in [2.05, 4.69) is 55.4 Å². The highest BCUT2D eigenvalue weighted by Gasteiger charge is 2.30. The van der Waals surface area contributed by atoms with E-state index in [9.17, 15) is 43.2 Å². The number of hydrogen-bond donors (Lipinski definition) is 3. The number of aliphatic hydroxyl groups excluding tert-OH is 1. The lowest BCUT2D eigenvalue weighted by Crippen LogP contribution is -2.30. The molecule has 0 aliphatic heterocycles. The van der Waals surface area contributed by atoms with Gasteiger partial charge >= 0.3 is 39.5 Å². The highest BCUT2D eigenvalue weighted by atomic mass is 31.2. The van der Waals surface area contributed by atoms with Crippen LogP contribution >= 0.6 is 15.6 Å². The zero-order valence-electron chi connectivity index (χ0n) is 58.1. The molecule has 0 saturated carbocycles. The van der Waals surface area contributed by atoms with E-state index in [4.69, 9.17) is 37.0 Å². The fraction of sp³-hybridized carbons (Fsp3) is 0.943. The Hall–Kier alpha value is -1.94. The number of rotatable bonds is 67. The minimum Gasteiger partial charge on any atom is -0.462 e. The molecule has 3 N–H and O–H groups in total. The summed E-state index contributed by atoms with van der Waals surface area (Å²) in [7, 11) is -9.90. The summed E-state index contributed by atoms with van der Waals surface area (Å²) in [4.78, 5) is 72.5. The summed E-state index contributed by atoms with van der Waals surface area (Å²) in [5, 5.41) is 10.6. The third kappa shape index (κ3) is 62.0. The summed E-state index contributed by atoms with van der Waals surface area (Å²) in [5.74, 6) is 0.865. The zero-order chi connectivity index (χ0) is 66.1. The van der Waals surface area contributed by atoms with Crippen molar-refractivity contribution in [3.05, 3.63) is 0 Å². The number of carbonyl (C=O) groups is 4. The van der Waals surface area contributed by atoms with E-state index in [0.29, 0.717) is 31.6 Å². The van der Waals surface area contributed by atoms with Crippen LogP contribution in [0.4, 0.5) is 0 Å². The third-order valence-corrected chi connectivity index (χ3v) is 18.7. The number of aliphatic hydroxyl groups is 1. The molecular weight excluding hydrogens is 1170 g/mol. The smallest absolute Gasteiger partial charge is 0.462 e. The normalized spacial score (nSPS) is 14.9. The molecule has 19 heteroatoms. The maximum atomic E-state index is 13.0. The second-order valence-electron chi connectivity index (χ2n) is 26.7. The van der Waals surface area contributed by atoms with Gasteiger partial charge < -0.3 is 33.8 Å². The van der Waals surface area contributed by atoms with Crippen LogP contribution in [0.1, 0.15) is 344 Å². The third-order valence-electron chi connectivity index (χ3n) is 16.8. The predicted molar refractivity (Wildman–Crippen MR) is 358 cm³/mol. The molecule has 0 aromatic heterocycles. The second-order valence-corrected chi connectivity index (χ2v) is 29.6. The van der Waals surface area contributed by atoms with E-state index in [1.807, 2.05) is 0 Å². The van der Waals surface area contributed by atoms with E-state index in [1.54, 1.807) is 0 Å². The Balaban J connectivity index is 5.23. The molecule has 89 heavy (non-hydrogen) atoms. The first-order valence-electron chi connectivity index (χ1n) is 36.3. The fourth-order valence-electron chi connectivity index (χ4n) is 10.4. The Morgan fingerprint density at radius 3 is 0.798 bits per heavy atom. The van der Waals surface area contributed by atoms with Crippen molar-refractivity contribution < 1.29 is 80.2 Å². The number of ether oxygens (including phenoxy) is 4. The van der Waals surface area contributed by atoms with Gasteiger partial charge in [-0.15, -0.1) is 0 Å². The standard InChI is InChI=1S/C70H136O17P2/c1-9-62(7)48-40-32-24-19-20-25-34-42-50-67(72)80-57-66(87-70(75)53-45-37-29-28-33-41-49-63(8)10-2)59-85-89(78,79)83-55-64(71)54-82-88(76,77)84-58-65(56-81-68(73)51-43-35-27-21-23-31-39-47-61(5)6)86-69(74)52-44-36-26-18-16-14-12-11-13-15-17-22-30-38-46-60(3)4/h60-66,71H,9-59H2,1-8H3,(H,76,77)(H,78,79)/t62?,63?,64?,65-,66-/m1/s1. The monoisotopic (exact) mass is 1310 g/mol. The van der Waals surface area contributed by atoms with Crippen LogP contribution in [0.3, 0.4) is 0 Å². The Labute approximate surface area is 543 Å². The van der Waals surface area contributed by atoms with Gasteiger partial charge in [0.05, 0.1) is 26.4 Å². The number of phosphoric acid groups is 2. The average Bonchev–Trinajstić information content (AvgIpc) is 3.69. The maximum absolute atomic E-state index is 13.0. The second kappa shape index (κ2) is 59.8. The van der Waals surface area contributed by atoms with E-state index < -0.39 is 97.5 Å². The summed E-state index contributed by atoms with van der Waals surface area (Å²) < 4.78 is 68.2. The zero-order valence-corrected chi connectivity index (χ0v) is 59.8. The average molecular weight is 1310 g/mol. The highest BCUT2D eigenvalue weighted by molar-refractivity contribution is 7.47. The van der Waals surface area contributed by atoms with Crippen molar-refractivity contribution in [3.63, 3.8) is 0 Å². The molecule has 17 nitrogen and oxygen atoms in total. The fourth-order valence-corrected chi connectivity index (χ4v) is 12.0. The van der Waals surface area contributed by atoms with Crippen LogP contribution in [-0.4, -0.2) is 96.7 Å². The van der Waals surface area contributed by atoms with Crippen LogP contribution in [-0.2, 0) is 65.4 Å². The summed E-state index contributed by atoms with van der Waals surface area (Å²) in [6.07, 6.45) is 41.8. The van der Waals surface area contributed by atoms with E-state index in [1.165, 1.54) is 141 Å². The molecule has 0 amide bonds. The molecule has 0 saturated heterocycles. The molecule has 0 aliphatic rings. The van der Waals surface area contributed by atoms with Crippen LogP contribution in [0.15, 0.2) is 0 Å². The molecule has 0 heterocycles. The van der Waals surface area contributed by atoms with Gasteiger partial charge in [0.15, 0.2) is 12.2 Å². The summed E-state index contributed by atoms with van der Waals surface area (Å²) >= 11 is 0. The largest absolute Gasteiger partial charge is 0.472 e. The van der Waals surface area contributed by atoms with Gasteiger partial charge in [0.1, 0.15) is 19.3 Å². The Morgan fingerprint density at radius 1 is 0.315 bits per heavy atom. The quantitative estimate of drug-likeness (QED) is 0.0222. The maximum Gasteiger partial charge on any atom is 0.472 e. The molecular formula is C70H136O17P2. The number of unbranched alkanes of at least 4 members (excludes halogenated alkanes) is 31. The van der Waals surface area contributed by atoms with Crippen molar-refractivity contribution in [2.45, 2.75) is 363 Å². The topological polar surface area (TPSA) is 237 Å². The van der Waals surface area contributed by atoms with Crippen LogP contribution in [0.25, 0.3) is 0 Å². The molecule has 0 bridgehead atoms. The van der Waals surface area contributed by atoms with Crippen molar-refractivity contribution in [2.75, 3.05) is 39.6 Å². The predicted octanol–water partition coefficient (Wildman–Crippen LogP) is 19.7. The van der Waals surface area contributed by atoms with E-state index in [-0.39, 0.29) is 25.7 Å². The first kappa shape index (κ1) is 87.1. The Kier molecular flexibility index (Phi) is 58.5. The van der Waals surface area contributed by atoms with Crippen molar-refractivity contribution in [1.29, 1.82) is 0 Å². The molecule has 0 rings (SSSR count). The number of esters is 4. The van der Waals surface area contributed by atoms with E-state index >= 15 is 0 Å². The first-order chi connectivity index (χ1) is 42.7. The minimum atomic E-state index is -4.95. The van der Waals surface area contributed by atoms with Gasteiger partial charge in [0, 0.05) is 25.7 Å². The molecule has 0 aromatic rings. The molecule has 5 unspecified atom stereocenters. The summed E-state index contributed by atoms with van der Waals surface area (Å²) in [5.41, 5.74) is 0. The van der Waals surface area contributed by atoms with Gasteiger partial charge in [-0.1, -0.05) is 293 Å². The van der Waals surface area contributed by atoms with Gasteiger partial charge in [0.25, 0.3) is 0 Å². The van der Waals surface area contributed by atoms with Crippen molar-refractivity contribution in [2.24, 2.45) is 23.7 Å². The number of carbonyl (C=O) groups excluding carboxylic acids is 4. The molecule has 0 spiro atoms. The minimum absolute atomic E-state index is 0.102. The molecule has 0 fully saturated rings. The van der Waals surface area contributed by atoms with Gasteiger partial charge in [0.2, 0.25) is 0 Å². The number of phosphoric ester groups is 2. The Bertz CT molecular complexity index is 1770. The lowest BCUT2D eigenvalue weighted by molar-refractivity contribution is -0.161. The van der Waals surface area contributed by atoms with Crippen LogP contribution < -0.4 is 0 Å². The van der Waals surface area contributed by atoms with Crippen molar-refractivity contribution >= 4 is 39.5 Å². The van der Waals surface area contributed by atoms with Crippen molar-refractivity contribution in [3.8, 4) is 0 Å². The first-order valence-corrected chi connectivity index (χ1v) is 39.3. The van der Waals surface area contributed by atoms with Crippen LogP contribution in [0.2, 0.25) is 0 Å². The number of hydrogen-bond acceptors (Lipinski definition) is 15. The Morgan fingerprint density at radius 2 is 0.539 bits per heavy atom. The van der Waals surface area contributed by atoms with Crippen LogP contribution in [0, 0.1) is 23.7 Å². The van der Waals surface area contributed by atoms with Gasteiger partial charge in [-0.2, -0.15) is 0 Å². The summed E-state index contributed by atoms with van der Waals surface area (Å²) in [6, 6.07) is 0. The van der Waals surface area contributed by atoms with Crippen LogP contribution in [0.5, 0.6) is 0 Å². The van der Waals surface area contributed by atoms with Gasteiger partial charge in [-0.25, -0.2) is 9.13 Å². The summed E-state index contributed by atoms with van der Waals surface area (Å²) in [6.45, 7) is 14.1. The molecule has 0 radical (unpaired) electrons. The SMILES string of the molecule is CCC(C)CCCCCCCCCCC(=O)OC[C@H](COP(=O)(O)OCC(O)COP(=O)(O)OC[C@@H](COC(=O)CCCCCCCCCC(C)C)OC(=O)CCCCCCCCCCCCCCCCC(C)C)OC(=O)CCCCCCCCC(C)CC. The lowest BCUT2D eigenvalue weighted by Gasteiger charge is -2.21. The van der Waals surface area contributed by atoms with Gasteiger partial charge in [-0.05, 0) is 49.4 Å². The molecule has 528 valence electrons. The molecule has 0 aliphatic carbocycles.